The molecule has 2 aliphatic rings. The summed E-state index contributed by atoms with van der Waals surface area (Å²) < 4.78 is 27.9. The highest BCUT2D eigenvalue weighted by Crippen LogP contribution is 2.35. The first-order valence-electron chi connectivity index (χ1n) is 7.10. The van der Waals surface area contributed by atoms with Crippen molar-refractivity contribution in [3.63, 3.8) is 0 Å². The Morgan fingerprint density at radius 1 is 1.48 bits per heavy atom. The number of thioether (sulfide) groups is 1. The van der Waals surface area contributed by atoms with E-state index in [-0.39, 0.29) is 0 Å². The van der Waals surface area contributed by atoms with E-state index >= 15 is 0 Å². The summed E-state index contributed by atoms with van der Waals surface area (Å²) >= 11 is 6.79. The summed E-state index contributed by atoms with van der Waals surface area (Å²) in [4.78, 5) is 1.51. The molecule has 0 radical (unpaired) electrons. The summed E-state index contributed by atoms with van der Waals surface area (Å²) in [6, 6.07) is 2.46. The number of hydrogen-bond acceptors (Lipinski definition) is 5. The third kappa shape index (κ3) is 3.84. The smallest absolute Gasteiger partial charge is 0.245 e. The normalized spacial score (nSPS) is 24.4. The molecule has 0 spiro atoms. The molecular formula is C13H19BrN2O2S3. The third-order valence-electron chi connectivity index (χ3n) is 3.67. The van der Waals surface area contributed by atoms with Crippen LogP contribution in [0.3, 0.4) is 0 Å². The van der Waals surface area contributed by atoms with Crippen molar-refractivity contribution in [2.24, 2.45) is 0 Å². The fraction of sp³-hybridized carbons (Fsp3) is 0.692. The maximum Gasteiger partial charge on any atom is 0.245 e. The lowest BCUT2D eigenvalue weighted by atomic mass is 10.4. The van der Waals surface area contributed by atoms with Crippen molar-refractivity contribution < 1.29 is 8.42 Å². The number of rotatable bonds is 5. The van der Waals surface area contributed by atoms with Crippen LogP contribution in [0.15, 0.2) is 14.7 Å². The van der Waals surface area contributed by atoms with Gasteiger partial charge in [0.05, 0.1) is 3.79 Å². The Morgan fingerprint density at radius 2 is 2.24 bits per heavy atom. The van der Waals surface area contributed by atoms with Gasteiger partial charge in [0.15, 0.2) is 0 Å². The second kappa shape index (κ2) is 6.49. The first-order chi connectivity index (χ1) is 9.96. The van der Waals surface area contributed by atoms with Crippen molar-refractivity contribution >= 4 is 49.1 Å². The monoisotopic (exact) mass is 410 g/mol. The topological polar surface area (TPSA) is 49.4 Å². The van der Waals surface area contributed by atoms with Gasteiger partial charge in [0.2, 0.25) is 10.0 Å². The van der Waals surface area contributed by atoms with Gasteiger partial charge in [0.1, 0.15) is 4.90 Å². The Morgan fingerprint density at radius 3 is 2.90 bits per heavy atom. The summed E-state index contributed by atoms with van der Waals surface area (Å²) in [5, 5.41) is 3.79. The van der Waals surface area contributed by atoms with E-state index in [0.29, 0.717) is 29.3 Å². The van der Waals surface area contributed by atoms with E-state index in [1.807, 2.05) is 17.8 Å². The van der Waals surface area contributed by atoms with E-state index < -0.39 is 10.0 Å². The van der Waals surface area contributed by atoms with E-state index in [9.17, 15) is 8.42 Å². The maximum absolute atomic E-state index is 12.8. The lowest BCUT2D eigenvalue weighted by Gasteiger charge is -2.29. The number of sulfonamides is 1. The van der Waals surface area contributed by atoms with Crippen LogP contribution in [0.4, 0.5) is 0 Å². The molecule has 1 aliphatic carbocycles. The fourth-order valence-electron chi connectivity index (χ4n) is 2.34. The van der Waals surface area contributed by atoms with Gasteiger partial charge < -0.3 is 5.32 Å². The standard InChI is InChI=1S/C13H19BrN2O2S3/c1-9-8-16(4-5-19-9)21(17,18)12-6-11(20-13(12)14)7-15-10-2-3-10/h6,9-10,15H,2-5,7-8H2,1H3. The molecule has 1 aromatic heterocycles. The van der Waals surface area contributed by atoms with Gasteiger partial charge in [-0.25, -0.2) is 8.42 Å². The molecular weight excluding hydrogens is 392 g/mol. The molecule has 21 heavy (non-hydrogen) atoms. The van der Waals surface area contributed by atoms with E-state index in [4.69, 9.17) is 0 Å². The molecule has 1 saturated carbocycles. The molecule has 1 unspecified atom stereocenters. The molecule has 2 heterocycles. The summed E-state index contributed by atoms with van der Waals surface area (Å²) in [5.41, 5.74) is 0. The molecule has 118 valence electrons. The Labute approximate surface area is 142 Å². The Balaban J connectivity index is 1.77. The molecule has 8 heteroatoms. The van der Waals surface area contributed by atoms with Gasteiger partial charge in [-0.2, -0.15) is 16.1 Å². The lowest BCUT2D eigenvalue weighted by molar-refractivity contribution is 0.424. The van der Waals surface area contributed by atoms with E-state index in [2.05, 4.69) is 28.2 Å². The minimum Gasteiger partial charge on any atom is -0.309 e. The molecule has 1 saturated heterocycles. The predicted molar refractivity (Wildman–Crippen MR) is 92.6 cm³/mol. The fourth-order valence-corrected chi connectivity index (χ4v) is 7.67. The van der Waals surface area contributed by atoms with Gasteiger partial charge in [-0.1, -0.05) is 6.92 Å². The van der Waals surface area contributed by atoms with Crippen molar-refractivity contribution in [2.75, 3.05) is 18.8 Å². The van der Waals surface area contributed by atoms with Gasteiger partial charge in [0, 0.05) is 41.6 Å². The van der Waals surface area contributed by atoms with Gasteiger partial charge in [-0.15, -0.1) is 11.3 Å². The van der Waals surface area contributed by atoms with Gasteiger partial charge >= 0.3 is 0 Å². The summed E-state index contributed by atoms with van der Waals surface area (Å²) in [6.07, 6.45) is 2.47. The maximum atomic E-state index is 12.8. The SMILES string of the molecule is CC1CN(S(=O)(=O)c2cc(CNC3CC3)sc2Br)CCS1. The van der Waals surface area contributed by atoms with Crippen LogP contribution in [0, 0.1) is 0 Å². The third-order valence-corrected chi connectivity index (χ3v) is 8.92. The van der Waals surface area contributed by atoms with Crippen LogP contribution in [0.25, 0.3) is 0 Å². The second-order valence-electron chi connectivity index (χ2n) is 5.55. The molecule has 0 bridgehead atoms. The van der Waals surface area contributed by atoms with E-state index in [0.717, 1.165) is 21.0 Å². The van der Waals surface area contributed by atoms with Crippen molar-refractivity contribution in [3.8, 4) is 0 Å². The van der Waals surface area contributed by atoms with Crippen molar-refractivity contribution in [1.29, 1.82) is 0 Å². The summed E-state index contributed by atoms with van der Waals surface area (Å²) in [7, 11) is -3.37. The van der Waals surface area contributed by atoms with Crippen LogP contribution in [0.5, 0.6) is 0 Å². The van der Waals surface area contributed by atoms with Crippen LogP contribution < -0.4 is 5.32 Å². The number of nitrogens with one attached hydrogen (secondary N) is 1. The predicted octanol–water partition coefficient (Wildman–Crippen LogP) is 2.89. The zero-order valence-corrected chi connectivity index (χ0v) is 15.9. The van der Waals surface area contributed by atoms with Gasteiger partial charge in [-0.3, -0.25) is 0 Å². The van der Waals surface area contributed by atoms with Gasteiger partial charge in [0.25, 0.3) is 0 Å². The summed E-state index contributed by atoms with van der Waals surface area (Å²) in [6.45, 7) is 4.05. The quantitative estimate of drug-likeness (QED) is 0.810. The minimum absolute atomic E-state index is 0.363. The largest absolute Gasteiger partial charge is 0.309 e. The molecule has 0 aromatic carbocycles. The van der Waals surface area contributed by atoms with Crippen LogP contribution in [-0.4, -0.2) is 42.9 Å². The first kappa shape index (κ1) is 16.3. The molecule has 1 aliphatic heterocycles. The van der Waals surface area contributed by atoms with Gasteiger partial charge in [-0.05, 0) is 34.8 Å². The Kier molecular flexibility index (Phi) is 5.03. The van der Waals surface area contributed by atoms with Crippen LogP contribution in [0.1, 0.15) is 24.6 Å². The van der Waals surface area contributed by atoms with Crippen LogP contribution in [0.2, 0.25) is 0 Å². The minimum atomic E-state index is -3.37. The number of thiophene rings is 1. The Hall–Kier alpha value is 0.400. The zero-order valence-electron chi connectivity index (χ0n) is 11.8. The molecule has 1 aromatic rings. The second-order valence-corrected chi connectivity index (χ2v) is 11.5. The van der Waals surface area contributed by atoms with Crippen molar-refractivity contribution in [1.82, 2.24) is 9.62 Å². The van der Waals surface area contributed by atoms with Crippen LogP contribution >= 0.6 is 39.0 Å². The van der Waals surface area contributed by atoms with E-state index in [1.54, 1.807) is 4.31 Å². The molecule has 3 rings (SSSR count). The first-order valence-corrected chi connectivity index (χ1v) is 11.2. The average molecular weight is 411 g/mol. The number of nitrogens with zero attached hydrogens (tertiary/aromatic N) is 1. The molecule has 1 atom stereocenters. The van der Waals surface area contributed by atoms with Crippen molar-refractivity contribution in [2.45, 2.75) is 42.5 Å². The lowest BCUT2D eigenvalue weighted by Crippen LogP contribution is -2.40. The van der Waals surface area contributed by atoms with E-state index in [1.165, 1.54) is 24.2 Å². The molecule has 2 fully saturated rings. The van der Waals surface area contributed by atoms with Crippen molar-refractivity contribution in [3.05, 3.63) is 14.7 Å². The molecule has 1 N–H and O–H groups in total. The average Bonchev–Trinajstić information content (AvgIpc) is 3.19. The highest BCUT2D eigenvalue weighted by molar-refractivity contribution is 9.11. The Bertz CT molecular complexity index is 613. The summed E-state index contributed by atoms with van der Waals surface area (Å²) in [5.74, 6) is 0.873. The molecule has 0 amide bonds. The number of halogens is 1. The number of hydrogen-bond donors (Lipinski definition) is 1. The zero-order chi connectivity index (χ0) is 15.0. The highest BCUT2D eigenvalue weighted by Gasteiger charge is 2.31. The van der Waals surface area contributed by atoms with Crippen LogP contribution in [-0.2, 0) is 16.6 Å². The highest BCUT2D eigenvalue weighted by atomic mass is 79.9. The molecule has 4 nitrogen and oxygen atoms in total.